The number of benzene rings is 1. The van der Waals surface area contributed by atoms with Gasteiger partial charge in [0.2, 0.25) is 0 Å². The van der Waals surface area contributed by atoms with Gasteiger partial charge in [0.05, 0.1) is 0 Å². The highest BCUT2D eigenvalue weighted by Gasteiger charge is 2.02. The summed E-state index contributed by atoms with van der Waals surface area (Å²) in [6, 6.07) is 5.97. The van der Waals surface area contributed by atoms with E-state index in [0.717, 1.165) is 11.8 Å². The molecule has 1 aromatic carbocycles. The molecule has 0 spiro atoms. The van der Waals surface area contributed by atoms with Crippen LogP contribution < -0.4 is 4.74 Å². The highest BCUT2D eigenvalue weighted by Crippen LogP contribution is 2.14. The summed E-state index contributed by atoms with van der Waals surface area (Å²) in [7, 11) is 0. The molecular formula is C9H8F2O2. The number of carbonyl (C=O) groups is 1. The minimum atomic E-state index is -2.81. The molecule has 0 saturated carbocycles. The molecule has 2 nitrogen and oxygen atoms in total. The largest absolute Gasteiger partial charge is 0.435 e. The van der Waals surface area contributed by atoms with Crippen LogP contribution in [0.5, 0.6) is 5.75 Å². The van der Waals surface area contributed by atoms with Crippen molar-refractivity contribution < 1.29 is 18.3 Å². The van der Waals surface area contributed by atoms with Crippen molar-refractivity contribution in [1.82, 2.24) is 0 Å². The molecule has 0 atom stereocenters. The summed E-state index contributed by atoms with van der Waals surface area (Å²) in [5.74, 6) is 0.102. The van der Waals surface area contributed by atoms with E-state index in [4.69, 9.17) is 0 Å². The molecule has 0 saturated heterocycles. The van der Waals surface area contributed by atoms with Crippen molar-refractivity contribution in [2.75, 3.05) is 0 Å². The molecule has 0 aliphatic carbocycles. The maximum Gasteiger partial charge on any atom is 0.387 e. The molecule has 0 heterocycles. The van der Waals surface area contributed by atoms with Crippen molar-refractivity contribution in [1.29, 1.82) is 0 Å². The zero-order valence-electron chi connectivity index (χ0n) is 6.74. The highest BCUT2D eigenvalue weighted by molar-refractivity contribution is 5.55. The van der Waals surface area contributed by atoms with E-state index in [1.165, 1.54) is 12.1 Å². The molecule has 1 aromatic rings. The average Bonchev–Trinajstić information content (AvgIpc) is 2.08. The lowest BCUT2D eigenvalue weighted by Gasteiger charge is -2.03. The van der Waals surface area contributed by atoms with Gasteiger partial charge in [-0.05, 0) is 17.7 Å². The predicted molar refractivity (Wildman–Crippen MR) is 42.8 cm³/mol. The molecule has 0 aliphatic heterocycles. The normalized spacial score (nSPS) is 10.1. The topological polar surface area (TPSA) is 26.3 Å². The average molecular weight is 186 g/mol. The van der Waals surface area contributed by atoms with Crippen LogP contribution in [0.3, 0.4) is 0 Å². The maximum absolute atomic E-state index is 11.7. The first-order chi connectivity index (χ1) is 6.22. The van der Waals surface area contributed by atoms with Crippen LogP contribution in [-0.2, 0) is 11.2 Å². The van der Waals surface area contributed by atoms with Crippen LogP contribution in [0.4, 0.5) is 8.78 Å². The van der Waals surface area contributed by atoms with E-state index >= 15 is 0 Å². The van der Waals surface area contributed by atoms with Crippen LogP contribution in [0.2, 0.25) is 0 Å². The summed E-state index contributed by atoms with van der Waals surface area (Å²) < 4.78 is 27.5. The maximum atomic E-state index is 11.7. The van der Waals surface area contributed by atoms with E-state index in [-0.39, 0.29) is 12.2 Å². The number of hydrogen-bond donors (Lipinski definition) is 0. The van der Waals surface area contributed by atoms with Gasteiger partial charge in [0.1, 0.15) is 12.0 Å². The lowest BCUT2D eigenvalue weighted by Crippen LogP contribution is -2.01. The second-order valence-corrected chi connectivity index (χ2v) is 2.39. The molecule has 0 fully saturated rings. The fourth-order valence-electron chi connectivity index (χ4n) is 0.903. The minimum Gasteiger partial charge on any atom is -0.435 e. The number of rotatable bonds is 4. The van der Waals surface area contributed by atoms with E-state index in [1.807, 2.05) is 0 Å². The molecule has 70 valence electrons. The van der Waals surface area contributed by atoms with Crippen LogP contribution in [0.1, 0.15) is 5.56 Å². The van der Waals surface area contributed by atoms with Crippen LogP contribution in [0, 0.1) is 0 Å². The van der Waals surface area contributed by atoms with Crippen molar-refractivity contribution in [3.05, 3.63) is 29.8 Å². The van der Waals surface area contributed by atoms with Crippen molar-refractivity contribution in [2.24, 2.45) is 0 Å². The first kappa shape index (κ1) is 9.64. The van der Waals surface area contributed by atoms with Crippen molar-refractivity contribution in [3.8, 4) is 5.75 Å². The lowest BCUT2D eigenvalue weighted by molar-refractivity contribution is -0.107. The quantitative estimate of drug-likeness (QED) is 0.672. The molecule has 0 radical (unpaired) electrons. The van der Waals surface area contributed by atoms with Gasteiger partial charge < -0.3 is 9.53 Å². The number of aldehydes is 1. The Bertz CT molecular complexity index is 269. The Balaban J connectivity index is 2.63. The molecule has 0 N–H and O–H groups in total. The highest BCUT2D eigenvalue weighted by atomic mass is 19.3. The molecular weight excluding hydrogens is 178 g/mol. The zero-order valence-corrected chi connectivity index (χ0v) is 6.74. The van der Waals surface area contributed by atoms with Gasteiger partial charge in [-0.2, -0.15) is 8.78 Å². The first-order valence-electron chi connectivity index (χ1n) is 3.70. The molecule has 4 heteroatoms. The Labute approximate surface area is 74.1 Å². The molecule has 0 unspecified atom stereocenters. The summed E-state index contributed by atoms with van der Waals surface area (Å²) >= 11 is 0. The summed E-state index contributed by atoms with van der Waals surface area (Å²) in [6.07, 6.45) is 1.04. The zero-order chi connectivity index (χ0) is 9.68. The second-order valence-electron chi connectivity index (χ2n) is 2.39. The summed E-state index contributed by atoms with van der Waals surface area (Å²) in [6.45, 7) is -2.81. The van der Waals surface area contributed by atoms with E-state index < -0.39 is 6.61 Å². The van der Waals surface area contributed by atoms with E-state index in [0.29, 0.717) is 0 Å². The number of alkyl halides is 2. The van der Waals surface area contributed by atoms with Gasteiger partial charge in [0, 0.05) is 6.42 Å². The third kappa shape index (κ3) is 3.19. The summed E-state index contributed by atoms with van der Waals surface area (Å²) in [5, 5.41) is 0. The Morgan fingerprint density at radius 1 is 1.31 bits per heavy atom. The smallest absolute Gasteiger partial charge is 0.387 e. The van der Waals surface area contributed by atoms with Gasteiger partial charge in [-0.3, -0.25) is 0 Å². The van der Waals surface area contributed by atoms with Crippen LogP contribution in [0.25, 0.3) is 0 Å². The second kappa shape index (κ2) is 4.54. The third-order valence-electron chi connectivity index (χ3n) is 1.47. The SMILES string of the molecule is O=CCc1ccc(OC(F)F)cc1. The molecule has 1 rings (SSSR count). The number of ether oxygens (including phenoxy) is 1. The van der Waals surface area contributed by atoms with Gasteiger partial charge in [0.15, 0.2) is 0 Å². The van der Waals surface area contributed by atoms with Crippen LogP contribution in [0.15, 0.2) is 24.3 Å². The van der Waals surface area contributed by atoms with Crippen molar-refractivity contribution in [2.45, 2.75) is 13.0 Å². The Hall–Kier alpha value is -1.45. The molecule has 0 amide bonds. The fourth-order valence-corrected chi connectivity index (χ4v) is 0.903. The molecule has 0 bridgehead atoms. The molecule has 0 aliphatic rings. The van der Waals surface area contributed by atoms with Gasteiger partial charge in [-0.25, -0.2) is 0 Å². The summed E-state index contributed by atoms with van der Waals surface area (Å²) in [5.41, 5.74) is 0.775. The van der Waals surface area contributed by atoms with Gasteiger partial charge in [-0.1, -0.05) is 12.1 Å². The van der Waals surface area contributed by atoms with Crippen molar-refractivity contribution >= 4 is 6.29 Å². The van der Waals surface area contributed by atoms with Crippen LogP contribution in [-0.4, -0.2) is 12.9 Å². The Morgan fingerprint density at radius 3 is 2.38 bits per heavy atom. The predicted octanol–water partition coefficient (Wildman–Crippen LogP) is 2.03. The molecule has 0 aromatic heterocycles. The number of halogens is 2. The number of carbonyl (C=O) groups excluding carboxylic acids is 1. The van der Waals surface area contributed by atoms with E-state index in [2.05, 4.69) is 4.74 Å². The lowest BCUT2D eigenvalue weighted by atomic mass is 10.2. The van der Waals surface area contributed by atoms with Gasteiger partial charge >= 0.3 is 6.61 Å². The number of hydrogen-bond acceptors (Lipinski definition) is 2. The van der Waals surface area contributed by atoms with Gasteiger partial charge in [-0.15, -0.1) is 0 Å². The first-order valence-corrected chi connectivity index (χ1v) is 3.70. The van der Waals surface area contributed by atoms with Crippen molar-refractivity contribution in [3.63, 3.8) is 0 Å². The summed E-state index contributed by atoms with van der Waals surface area (Å²) in [4.78, 5) is 10.1. The monoisotopic (exact) mass is 186 g/mol. The molecule has 13 heavy (non-hydrogen) atoms. The van der Waals surface area contributed by atoms with E-state index in [9.17, 15) is 13.6 Å². The third-order valence-corrected chi connectivity index (χ3v) is 1.47. The minimum absolute atomic E-state index is 0.102. The standard InChI is InChI=1S/C9H8F2O2/c10-9(11)13-8-3-1-7(2-4-8)5-6-12/h1-4,6,9H,5H2. The van der Waals surface area contributed by atoms with E-state index in [1.54, 1.807) is 12.1 Å². The van der Waals surface area contributed by atoms with Gasteiger partial charge in [0.25, 0.3) is 0 Å². The Morgan fingerprint density at radius 2 is 1.92 bits per heavy atom. The fraction of sp³-hybridized carbons (Fsp3) is 0.222. The Kier molecular flexibility index (Phi) is 3.37. The van der Waals surface area contributed by atoms with Crippen LogP contribution >= 0.6 is 0 Å².